The van der Waals surface area contributed by atoms with Crippen LogP contribution in [0.5, 0.6) is 16.7 Å². The third-order valence-electron chi connectivity index (χ3n) is 3.73. The van der Waals surface area contributed by atoms with Crippen LogP contribution in [0.15, 0.2) is 29.8 Å². The summed E-state index contributed by atoms with van der Waals surface area (Å²) in [6, 6.07) is 5.28. The van der Waals surface area contributed by atoms with Crippen molar-refractivity contribution in [2.45, 2.75) is 12.5 Å². The lowest BCUT2D eigenvalue weighted by atomic mass is 10.2. The Bertz CT molecular complexity index is 689. The minimum absolute atomic E-state index is 0.00381. The van der Waals surface area contributed by atoms with Crippen LogP contribution in [0.1, 0.15) is 16.8 Å². The van der Waals surface area contributed by atoms with E-state index in [1.165, 1.54) is 11.3 Å². The van der Waals surface area contributed by atoms with Gasteiger partial charge in [0.05, 0.1) is 6.54 Å². The average molecular weight is 318 g/mol. The fourth-order valence-corrected chi connectivity index (χ4v) is 3.18. The molecule has 0 bridgehead atoms. The van der Waals surface area contributed by atoms with Crippen LogP contribution >= 0.6 is 11.3 Å². The second kappa shape index (κ2) is 5.49. The van der Waals surface area contributed by atoms with E-state index in [1.807, 2.05) is 5.38 Å². The molecule has 114 valence electrons. The number of thiazole rings is 1. The summed E-state index contributed by atoms with van der Waals surface area (Å²) in [4.78, 5) is 18.5. The predicted molar refractivity (Wildman–Crippen MR) is 79.6 cm³/mol. The van der Waals surface area contributed by atoms with Gasteiger partial charge in [-0.2, -0.15) is 0 Å². The Labute approximate surface area is 131 Å². The van der Waals surface area contributed by atoms with Gasteiger partial charge in [0.15, 0.2) is 11.5 Å². The van der Waals surface area contributed by atoms with E-state index in [2.05, 4.69) is 4.98 Å². The molecule has 1 amide bonds. The van der Waals surface area contributed by atoms with Crippen LogP contribution < -0.4 is 14.2 Å². The summed E-state index contributed by atoms with van der Waals surface area (Å²) in [6.45, 7) is 1.47. The van der Waals surface area contributed by atoms with Crippen LogP contribution in [0.4, 0.5) is 0 Å². The summed E-state index contributed by atoms with van der Waals surface area (Å²) < 4.78 is 16.4. The Hall–Kier alpha value is -2.28. The molecule has 0 N–H and O–H groups in total. The number of nitrogens with zero attached hydrogens (tertiary/aromatic N) is 2. The van der Waals surface area contributed by atoms with Crippen LogP contribution in [0.25, 0.3) is 0 Å². The molecule has 3 heterocycles. The highest BCUT2D eigenvalue weighted by Gasteiger charge is 2.29. The van der Waals surface area contributed by atoms with Crippen molar-refractivity contribution in [3.8, 4) is 16.7 Å². The summed E-state index contributed by atoms with van der Waals surface area (Å²) in [5.41, 5.74) is 0.610. The summed E-state index contributed by atoms with van der Waals surface area (Å²) in [6.07, 6.45) is 2.53. The number of aromatic nitrogens is 1. The van der Waals surface area contributed by atoms with Crippen molar-refractivity contribution in [2.24, 2.45) is 0 Å². The Morgan fingerprint density at radius 2 is 2.27 bits per heavy atom. The number of likely N-dealkylation sites (tertiary alicyclic amines) is 1. The minimum atomic E-state index is -0.0106. The zero-order chi connectivity index (χ0) is 14.9. The quantitative estimate of drug-likeness (QED) is 0.868. The van der Waals surface area contributed by atoms with Crippen LogP contribution in [0.2, 0.25) is 0 Å². The molecule has 0 saturated carbocycles. The van der Waals surface area contributed by atoms with E-state index >= 15 is 0 Å². The molecule has 6 nitrogen and oxygen atoms in total. The number of amides is 1. The molecule has 0 aliphatic carbocycles. The largest absolute Gasteiger partial charge is 0.465 e. The third kappa shape index (κ3) is 2.48. The minimum Gasteiger partial charge on any atom is -0.465 e. The van der Waals surface area contributed by atoms with Gasteiger partial charge in [-0.05, 0) is 18.2 Å². The van der Waals surface area contributed by atoms with Crippen LogP contribution in [0, 0.1) is 0 Å². The number of benzene rings is 1. The van der Waals surface area contributed by atoms with E-state index in [0.717, 1.165) is 6.42 Å². The Morgan fingerprint density at radius 1 is 1.36 bits per heavy atom. The highest BCUT2D eigenvalue weighted by Crippen LogP contribution is 2.33. The van der Waals surface area contributed by atoms with E-state index in [9.17, 15) is 4.79 Å². The summed E-state index contributed by atoms with van der Waals surface area (Å²) >= 11 is 1.46. The number of rotatable bonds is 3. The molecular formula is C15H14N2O4S. The van der Waals surface area contributed by atoms with Crippen LogP contribution in [-0.2, 0) is 0 Å². The molecular weight excluding hydrogens is 304 g/mol. The molecule has 4 rings (SSSR count). The monoisotopic (exact) mass is 318 g/mol. The number of carbonyl (C=O) groups is 1. The van der Waals surface area contributed by atoms with Crippen LogP contribution in [0.3, 0.4) is 0 Å². The number of hydrogen-bond donors (Lipinski definition) is 0. The summed E-state index contributed by atoms with van der Waals surface area (Å²) in [5.74, 6) is 1.30. The molecule has 7 heteroatoms. The van der Waals surface area contributed by atoms with Gasteiger partial charge >= 0.3 is 0 Å². The van der Waals surface area contributed by atoms with Crippen molar-refractivity contribution in [2.75, 3.05) is 19.9 Å². The lowest BCUT2D eigenvalue weighted by molar-refractivity contribution is 0.0772. The molecule has 2 aliphatic rings. The molecule has 2 aliphatic heterocycles. The number of ether oxygens (including phenoxy) is 3. The van der Waals surface area contributed by atoms with Gasteiger partial charge in [0, 0.05) is 30.1 Å². The Morgan fingerprint density at radius 3 is 3.14 bits per heavy atom. The van der Waals surface area contributed by atoms with Gasteiger partial charge in [0.25, 0.3) is 11.1 Å². The fraction of sp³-hybridized carbons (Fsp3) is 0.333. The topological polar surface area (TPSA) is 60.9 Å². The molecule has 1 atom stereocenters. The first-order chi connectivity index (χ1) is 10.8. The van der Waals surface area contributed by atoms with Gasteiger partial charge in [-0.3, -0.25) is 4.79 Å². The first kappa shape index (κ1) is 13.4. The zero-order valence-corrected chi connectivity index (χ0v) is 12.5. The van der Waals surface area contributed by atoms with E-state index in [0.29, 0.717) is 35.3 Å². The maximum absolute atomic E-state index is 12.6. The maximum atomic E-state index is 12.6. The van der Waals surface area contributed by atoms with E-state index in [1.54, 1.807) is 29.3 Å². The summed E-state index contributed by atoms with van der Waals surface area (Å²) in [7, 11) is 0. The molecule has 1 fully saturated rings. The smallest absolute Gasteiger partial charge is 0.273 e. The van der Waals surface area contributed by atoms with Gasteiger partial charge in [-0.25, -0.2) is 4.98 Å². The van der Waals surface area contributed by atoms with Gasteiger partial charge in [-0.15, -0.1) is 0 Å². The van der Waals surface area contributed by atoms with Crippen LogP contribution in [-0.4, -0.2) is 41.8 Å². The van der Waals surface area contributed by atoms with Crippen molar-refractivity contribution in [3.05, 3.63) is 35.3 Å². The fourth-order valence-electron chi connectivity index (χ4n) is 2.63. The molecule has 0 radical (unpaired) electrons. The highest BCUT2D eigenvalue weighted by molar-refractivity contribution is 7.11. The van der Waals surface area contributed by atoms with Crippen molar-refractivity contribution < 1.29 is 19.0 Å². The normalized spacial score (nSPS) is 19.5. The lowest BCUT2D eigenvalue weighted by Gasteiger charge is -2.16. The number of carbonyl (C=O) groups excluding carboxylic acids is 1. The SMILES string of the molecule is O=C(c1ccc2c(c1)OCO2)N1CCC(Oc2nccs2)C1. The second-order valence-corrected chi connectivity index (χ2v) is 6.00. The zero-order valence-electron chi connectivity index (χ0n) is 11.7. The van der Waals surface area contributed by atoms with E-state index in [-0.39, 0.29) is 18.8 Å². The second-order valence-electron chi connectivity index (χ2n) is 5.15. The van der Waals surface area contributed by atoms with Crippen molar-refractivity contribution in [3.63, 3.8) is 0 Å². The highest BCUT2D eigenvalue weighted by atomic mass is 32.1. The molecule has 1 unspecified atom stereocenters. The molecule has 1 saturated heterocycles. The number of fused-ring (bicyclic) bond motifs is 1. The van der Waals surface area contributed by atoms with Gasteiger partial charge in [-0.1, -0.05) is 11.3 Å². The molecule has 22 heavy (non-hydrogen) atoms. The van der Waals surface area contributed by atoms with Crippen molar-refractivity contribution in [1.82, 2.24) is 9.88 Å². The lowest BCUT2D eigenvalue weighted by Crippen LogP contribution is -2.30. The first-order valence-corrected chi connectivity index (χ1v) is 7.92. The number of hydrogen-bond acceptors (Lipinski definition) is 6. The molecule has 2 aromatic rings. The third-order valence-corrected chi connectivity index (χ3v) is 4.39. The predicted octanol–water partition coefficient (Wildman–Crippen LogP) is 2.17. The summed E-state index contributed by atoms with van der Waals surface area (Å²) in [5, 5.41) is 2.53. The first-order valence-electron chi connectivity index (χ1n) is 7.05. The Kier molecular flexibility index (Phi) is 3.34. The van der Waals surface area contributed by atoms with Gasteiger partial charge in [0.1, 0.15) is 6.10 Å². The maximum Gasteiger partial charge on any atom is 0.273 e. The average Bonchev–Trinajstić information content (AvgIpc) is 3.27. The van der Waals surface area contributed by atoms with Crippen molar-refractivity contribution >= 4 is 17.2 Å². The van der Waals surface area contributed by atoms with Gasteiger partial charge < -0.3 is 19.1 Å². The van der Waals surface area contributed by atoms with Crippen molar-refractivity contribution in [1.29, 1.82) is 0 Å². The van der Waals surface area contributed by atoms with Gasteiger partial charge in [0.2, 0.25) is 6.79 Å². The molecule has 1 aromatic heterocycles. The molecule has 1 aromatic carbocycles. The molecule has 0 spiro atoms. The van der Waals surface area contributed by atoms with E-state index in [4.69, 9.17) is 14.2 Å². The standard InChI is InChI=1S/C15H14N2O4S/c18-14(10-1-2-12-13(7-10)20-9-19-12)17-5-3-11(8-17)21-15-16-4-6-22-15/h1-2,4,6-7,11H,3,5,8-9H2. The van der Waals surface area contributed by atoms with E-state index < -0.39 is 0 Å². The Balaban J connectivity index is 1.43.